The first-order chi connectivity index (χ1) is 10.5. The third kappa shape index (κ3) is 3.66. The van der Waals surface area contributed by atoms with E-state index in [1.807, 2.05) is 30.5 Å². The zero-order valence-electron chi connectivity index (χ0n) is 13.8. The van der Waals surface area contributed by atoms with Crippen LogP contribution < -0.4 is 11.3 Å². The molecule has 0 fully saturated rings. The Balaban J connectivity index is 2.29. The molecule has 1 unspecified atom stereocenters. The van der Waals surface area contributed by atoms with E-state index in [2.05, 4.69) is 32.9 Å². The second kappa shape index (κ2) is 7.41. The number of nitrogens with two attached hydrogens (primary N) is 1. The van der Waals surface area contributed by atoms with Gasteiger partial charge in [-0.15, -0.1) is 0 Å². The van der Waals surface area contributed by atoms with Gasteiger partial charge >= 0.3 is 0 Å². The summed E-state index contributed by atoms with van der Waals surface area (Å²) >= 11 is 0. The van der Waals surface area contributed by atoms with Gasteiger partial charge in [-0.2, -0.15) is 0 Å². The summed E-state index contributed by atoms with van der Waals surface area (Å²) in [6.45, 7) is 7.20. The average molecular weight is 298 g/mol. The Bertz CT molecular complexity index is 656. The Morgan fingerprint density at radius 3 is 2.32 bits per heavy atom. The van der Waals surface area contributed by atoms with Crippen LogP contribution in [0.3, 0.4) is 0 Å². The van der Waals surface area contributed by atoms with Crippen LogP contribution in [0, 0.1) is 0 Å². The predicted molar refractivity (Wildman–Crippen MR) is 92.2 cm³/mol. The van der Waals surface area contributed by atoms with Crippen LogP contribution in [0.1, 0.15) is 62.3 Å². The van der Waals surface area contributed by atoms with Gasteiger partial charge in [-0.1, -0.05) is 57.5 Å². The molecule has 2 N–H and O–H groups in total. The zero-order chi connectivity index (χ0) is 16.1. The van der Waals surface area contributed by atoms with Crippen molar-refractivity contribution in [1.82, 2.24) is 4.57 Å². The highest BCUT2D eigenvalue weighted by atomic mass is 16.1. The lowest BCUT2D eigenvalue weighted by Crippen LogP contribution is -2.28. The van der Waals surface area contributed by atoms with Gasteiger partial charge in [0.2, 0.25) is 0 Å². The van der Waals surface area contributed by atoms with E-state index in [0.29, 0.717) is 11.5 Å². The number of hydrogen-bond donors (Lipinski definition) is 1. The molecule has 0 spiro atoms. The van der Waals surface area contributed by atoms with E-state index in [0.717, 1.165) is 24.9 Å². The predicted octanol–water partition coefficient (Wildman–Crippen LogP) is 3.82. The van der Waals surface area contributed by atoms with Crippen molar-refractivity contribution in [3.63, 3.8) is 0 Å². The van der Waals surface area contributed by atoms with E-state index in [9.17, 15) is 4.79 Å². The van der Waals surface area contributed by atoms with Crippen LogP contribution >= 0.6 is 0 Å². The topological polar surface area (TPSA) is 48.0 Å². The van der Waals surface area contributed by atoms with Gasteiger partial charge in [-0.05, 0) is 29.5 Å². The van der Waals surface area contributed by atoms with E-state index < -0.39 is 0 Å². The number of benzene rings is 1. The summed E-state index contributed by atoms with van der Waals surface area (Å²) in [6.07, 6.45) is 3.91. The monoisotopic (exact) mass is 298 g/mol. The van der Waals surface area contributed by atoms with Crippen LogP contribution in [-0.4, -0.2) is 4.57 Å². The van der Waals surface area contributed by atoms with E-state index in [1.54, 1.807) is 4.57 Å². The Morgan fingerprint density at radius 2 is 1.73 bits per heavy atom. The number of aryl methyl sites for hydroxylation is 1. The van der Waals surface area contributed by atoms with Crippen LogP contribution in [0.25, 0.3) is 0 Å². The Morgan fingerprint density at radius 1 is 1.09 bits per heavy atom. The molecule has 1 heterocycles. The molecule has 118 valence electrons. The molecule has 22 heavy (non-hydrogen) atoms. The second-order valence-corrected chi connectivity index (χ2v) is 6.11. The van der Waals surface area contributed by atoms with E-state index in [-0.39, 0.29) is 11.6 Å². The van der Waals surface area contributed by atoms with Crippen LogP contribution in [0.4, 0.5) is 0 Å². The van der Waals surface area contributed by atoms with Crippen molar-refractivity contribution in [2.75, 3.05) is 0 Å². The van der Waals surface area contributed by atoms with Gasteiger partial charge in [-0.3, -0.25) is 4.79 Å². The number of nitrogens with zero attached hydrogens (tertiary/aromatic N) is 1. The highest BCUT2D eigenvalue weighted by Crippen LogP contribution is 2.20. The third-order valence-electron chi connectivity index (χ3n) is 4.10. The summed E-state index contributed by atoms with van der Waals surface area (Å²) in [4.78, 5) is 12.5. The van der Waals surface area contributed by atoms with Gasteiger partial charge in [0.1, 0.15) is 0 Å². The maximum absolute atomic E-state index is 12.5. The van der Waals surface area contributed by atoms with Gasteiger partial charge in [0.05, 0.1) is 6.04 Å². The van der Waals surface area contributed by atoms with E-state index >= 15 is 0 Å². The number of rotatable bonds is 6. The second-order valence-electron chi connectivity index (χ2n) is 6.11. The fraction of sp³-hybridized carbons (Fsp3) is 0.421. The number of pyridine rings is 1. The summed E-state index contributed by atoms with van der Waals surface area (Å²) in [5.41, 5.74) is 9.28. The SMILES string of the molecule is CCCCn1cccc(C(N)c2ccc(C(C)C)cc2)c1=O. The molecule has 1 atom stereocenters. The fourth-order valence-corrected chi connectivity index (χ4v) is 2.56. The molecular weight excluding hydrogens is 272 g/mol. The molecular formula is C19H26N2O. The molecule has 2 aromatic rings. The molecule has 3 heteroatoms. The Hall–Kier alpha value is -1.87. The van der Waals surface area contributed by atoms with Crippen LogP contribution in [0.5, 0.6) is 0 Å². The smallest absolute Gasteiger partial charge is 0.255 e. The van der Waals surface area contributed by atoms with Crippen molar-refractivity contribution >= 4 is 0 Å². The summed E-state index contributed by atoms with van der Waals surface area (Å²) in [5.74, 6) is 0.494. The standard InChI is InChI=1S/C19H26N2O/c1-4-5-12-21-13-6-7-17(19(21)22)18(20)16-10-8-15(9-11-16)14(2)3/h6-11,13-14,18H,4-5,12,20H2,1-3H3. The molecule has 2 rings (SSSR count). The average Bonchev–Trinajstić information content (AvgIpc) is 2.53. The number of hydrogen-bond acceptors (Lipinski definition) is 2. The van der Waals surface area contributed by atoms with Gasteiger partial charge in [0, 0.05) is 18.3 Å². The number of unbranched alkanes of at least 4 members (excludes halogenated alkanes) is 1. The highest BCUT2D eigenvalue weighted by Gasteiger charge is 2.14. The molecule has 1 aromatic carbocycles. The van der Waals surface area contributed by atoms with Crippen LogP contribution in [-0.2, 0) is 6.54 Å². The highest BCUT2D eigenvalue weighted by molar-refractivity contribution is 5.32. The van der Waals surface area contributed by atoms with E-state index in [4.69, 9.17) is 5.73 Å². The van der Waals surface area contributed by atoms with Gasteiger partial charge < -0.3 is 10.3 Å². The first kappa shape index (κ1) is 16.5. The van der Waals surface area contributed by atoms with Crippen LogP contribution in [0.2, 0.25) is 0 Å². The minimum Gasteiger partial charge on any atom is -0.320 e. The molecule has 0 radical (unpaired) electrons. The third-order valence-corrected chi connectivity index (χ3v) is 4.10. The normalized spacial score (nSPS) is 12.6. The molecule has 0 aliphatic heterocycles. The molecule has 0 amide bonds. The maximum atomic E-state index is 12.5. The fourth-order valence-electron chi connectivity index (χ4n) is 2.56. The van der Waals surface area contributed by atoms with E-state index in [1.165, 1.54) is 5.56 Å². The minimum atomic E-state index is -0.372. The van der Waals surface area contributed by atoms with Crippen LogP contribution in [0.15, 0.2) is 47.4 Å². The van der Waals surface area contributed by atoms with Crippen molar-refractivity contribution in [3.05, 3.63) is 69.6 Å². The molecule has 0 aliphatic carbocycles. The molecule has 0 bridgehead atoms. The number of aromatic nitrogens is 1. The Kier molecular flexibility index (Phi) is 5.56. The van der Waals surface area contributed by atoms with Crippen molar-refractivity contribution in [2.24, 2.45) is 5.73 Å². The molecule has 0 aliphatic rings. The molecule has 3 nitrogen and oxygen atoms in total. The van der Waals surface area contributed by atoms with Crippen molar-refractivity contribution in [2.45, 2.75) is 52.1 Å². The summed E-state index contributed by atoms with van der Waals surface area (Å²) < 4.78 is 1.77. The lowest BCUT2D eigenvalue weighted by molar-refractivity contribution is 0.604. The first-order valence-electron chi connectivity index (χ1n) is 8.09. The van der Waals surface area contributed by atoms with Crippen molar-refractivity contribution in [3.8, 4) is 0 Å². The van der Waals surface area contributed by atoms with Gasteiger partial charge in [0.25, 0.3) is 5.56 Å². The molecule has 1 aromatic heterocycles. The quantitative estimate of drug-likeness (QED) is 0.881. The summed E-state index contributed by atoms with van der Waals surface area (Å²) in [7, 11) is 0. The van der Waals surface area contributed by atoms with Crippen molar-refractivity contribution < 1.29 is 0 Å². The van der Waals surface area contributed by atoms with Gasteiger partial charge in [0.15, 0.2) is 0 Å². The minimum absolute atomic E-state index is 0.0244. The van der Waals surface area contributed by atoms with Crippen molar-refractivity contribution in [1.29, 1.82) is 0 Å². The lowest BCUT2D eigenvalue weighted by Gasteiger charge is -2.15. The molecule has 0 saturated carbocycles. The first-order valence-corrected chi connectivity index (χ1v) is 8.09. The van der Waals surface area contributed by atoms with Gasteiger partial charge in [-0.25, -0.2) is 0 Å². The maximum Gasteiger partial charge on any atom is 0.255 e. The summed E-state index contributed by atoms with van der Waals surface area (Å²) in [5, 5.41) is 0. The zero-order valence-corrected chi connectivity index (χ0v) is 13.8. The molecule has 0 saturated heterocycles. The summed E-state index contributed by atoms with van der Waals surface area (Å²) in [6, 6.07) is 11.6. The lowest BCUT2D eigenvalue weighted by atomic mass is 9.96. The largest absolute Gasteiger partial charge is 0.320 e. The Labute approximate surface area is 132 Å².